The molecule has 0 saturated carbocycles. The molecule has 0 spiro atoms. The van der Waals surface area contributed by atoms with Crippen LogP contribution in [-0.2, 0) is 35.8 Å². The summed E-state index contributed by atoms with van der Waals surface area (Å²) >= 11 is 0. The minimum atomic E-state index is -0.0774. The Morgan fingerprint density at radius 3 is 2.20 bits per heavy atom. The molecule has 40 heavy (non-hydrogen) atoms. The topological polar surface area (TPSA) is 154 Å². The first-order valence-corrected chi connectivity index (χ1v) is 12.9. The van der Waals surface area contributed by atoms with E-state index in [4.69, 9.17) is 26.7 Å². The van der Waals surface area contributed by atoms with Gasteiger partial charge in [0.05, 0.1) is 0 Å². The Balaban J connectivity index is 0.000000269. The lowest BCUT2D eigenvalue weighted by Gasteiger charge is -2.24. The minimum Gasteiger partial charge on any atom is -0.489 e. The smallest absolute Gasteiger partial charge is 0.254 e. The molecule has 0 radical (unpaired) electrons. The molecule has 4 rings (SSSR count). The van der Waals surface area contributed by atoms with Gasteiger partial charge in [-0.25, -0.2) is 0 Å². The number of nitrogen functional groups attached to an aromatic ring is 1. The fourth-order valence-corrected chi connectivity index (χ4v) is 4.06. The van der Waals surface area contributed by atoms with E-state index >= 15 is 0 Å². The molecular weight excluding hydrogens is 506 g/mol. The predicted octanol–water partition coefficient (Wildman–Crippen LogP) is 3.65. The molecule has 3 aromatic carbocycles. The Morgan fingerprint density at radius 2 is 1.60 bits per heavy atom. The Kier molecular flexibility index (Phi) is 13.1. The van der Waals surface area contributed by atoms with Crippen molar-refractivity contribution in [2.45, 2.75) is 52.0 Å². The summed E-state index contributed by atoms with van der Waals surface area (Å²) in [7, 11) is 0. The molecule has 212 valence electrons. The normalized spacial score (nSPS) is 12.2. The van der Waals surface area contributed by atoms with Crippen molar-refractivity contribution >= 4 is 24.3 Å². The molecule has 1 unspecified atom stereocenters. The van der Waals surface area contributed by atoms with Crippen LogP contribution in [0.1, 0.15) is 52.4 Å². The van der Waals surface area contributed by atoms with E-state index in [2.05, 4.69) is 11.9 Å². The van der Waals surface area contributed by atoms with Gasteiger partial charge in [-0.05, 0) is 72.1 Å². The molecule has 0 bridgehead atoms. The van der Waals surface area contributed by atoms with Crippen molar-refractivity contribution in [1.29, 1.82) is 0 Å². The molecule has 0 aromatic heterocycles. The standard InChI is InChI=1S/C16H21N3O2.C14H16N2O.CH2O/c1-3-18-15(20)7-4-11(2)19-10-13-8-12(9-17)5-6-14(13)16(19)21;15-9-11-1-3-12(4-2-11)10-17-14-7-5-13(16)6-8-14;1-2/h3,5-6,8,11H,1,4,7,9-10,17H2,2H3,(H,18,20);1-8H,9-10,15-16H2;1H2. The van der Waals surface area contributed by atoms with Crippen LogP contribution in [0.15, 0.2) is 79.5 Å². The van der Waals surface area contributed by atoms with Gasteiger partial charge in [0.25, 0.3) is 5.91 Å². The highest BCUT2D eigenvalue weighted by molar-refractivity contribution is 5.98. The fraction of sp³-hybridized carbons (Fsp3) is 0.258. The van der Waals surface area contributed by atoms with Gasteiger partial charge in [0.2, 0.25) is 5.91 Å². The summed E-state index contributed by atoms with van der Waals surface area (Å²) in [6.45, 7) is 9.60. The molecule has 1 heterocycles. The fourth-order valence-electron chi connectivity index (χ4n) is 4.06. The Morgan fingerprint density at radius 1 is 1.00 bits per heavy atom. The van der Waals surface area contributed by atoms with Crippen LogP contribution in [0.5, 0.6) is 5.75 Å². The summed E-state index contributed by atoms with van der Waals surface area (Å²) < 4.78 is 5.63. The van der Waals surface area contributed by atoms with E-state index in [0.717, 1.165) is 39.3 Å². The maximum atomic E-state index is 12.4. The van der Waals surface area contributed by atoms with Crippen LogP contribution in [0.4, 0.5) is 5.69 Å². The number of ether oxygens (including phenoxy) is 1. The quantitative estimate of drug-likeness (QED) is 0.284. The molecular formula is C31H39N5O4. The first-order chi connectivity index (χ1) is 19.3. The van der Waals surface area contributed by atoms with Gasteiger partial charge in [-0.1, -0.05) is 43.0 Å². The van der Waals surface area contributed by atoms with Gasteiger partial charge in [-0.3, -0.25) is 9.59 Å². The molecule has 7 N–H and O–H groups in total. The van der Waals surface area contributed by atoms with Gasteiger partial charge < -0.3 is 36.9 Å². The van der Waals surface area contributed by atoms with E-state index in [1.165, 1.54) is 6.20 Å². The van der Waals surface area contributed by atoms with E-state index in [1.807, 2.05) is 85.3 Å². The second kappa shape index (κ2) is 16.5. The van der Waals surface area contributed by atoms with E-state index in [-0.39, 0.29) is 17.9 Å². The lowest BCUT2D eigenvalue weighted by atomic mass is 10.1. The molecule has 9 nitrogen and oxygen atoms in total. The number of benzene rings is 3. The van der Waals surface area contributed by atoms with Crippen molar-refractivity contribution in [3.63, 3.8) is 0 Å². The number of rotatable bonds is 10. The summed E-state index contributed by atoms with van der Waals surface area (Å²) in [6.07, 6.45) is 2.38. The monoisotopic (exact) mass is 545 g/mol. The molecule has 3 aromatic rings. The average Bonchev–Trinajstić information content (AvgIpc) is 3.32. The van der Waals surface area contributed by atoms with Crippen LogP contribution in [-0.4, -0.2) is 29.5 Å². The number of carbonyl (C=O) groups excluding carboxylic acids is 3. The van der Waals surface area contributed by atoms with Gasteiger partial charge >= 0.3 is 0 Å². The van der Waals surface area contributed by atoms with Crippen molar-refractivity contribution in [3.8, 4) is 5.75 Å². The number of nitrogens with two attached hydrogens (primary N) is 3. The van der Waals surface area contributed by atoms with Crippen LogP contribution in [0.25, 0.3) is 0 Å². The number of fused-ring (bicyclic) bond motifs is 1. The minimum absolute atomic E-state index is 0.0155. The molecule has 0 fully saturated rings. The SMILES string of the molecule is C=CNC(=O)CCC(C)N1Cc2cc(CN)ccc2C1=O.C=O.NCc1ccc(COc2ccc(N)cc2)cc1. The zero-order valence-electron chi connectivity index (χ0n) is 23.0. The number of amides is 2. The van der Waals surface area contributed by atoms with Gasteiger partial charge in [0.15, 0.2) is 0 Å². The van der Waals surface area contributed by atoms with Crippen molar-refractivity contribution < 1.29 is 19.1 Å². The van der Waals surface area contributed by atoms with Crippen molar-refractivity contribution in [2.75, 3.05) is 5.73 Å². The molecule has 1 aliphatic heterocycles. The summed E-state index contributed by atoms with van der Waals surface area (Å²) in [5, 5.41) is 2.54. The van der Waals surface area contributed by atoms with Crippen LogP contribution >= 0.6 is 0 Å². The lowest BCUT2D eigenvalue weighted by Crippen LogP contribution is -2.34. The first kappa shape index (κ1) is 31.7. The zero-order valence-corrected chi connectivity index (χ0v) is 23.0. The Hall–Kier alpha value is -4.47. The number of hydrogen-bond acceptors (Lipinski definition) is 7. The molecule has 9 heteroatoms. The van der Waals surface area contributed by atoms with Crippen molar-refractivity contribution in [3.05, 3.63) is 107 Å². The molecule has 0 saturated heterocycles. The third-order valence-electron chi connectivity index (χ3n) is 6.37. The van der Waals surface area contributed by atoms with Crippen LogP contribution < -0.4 is 27.3 Å². The summed E-state index contributed by atoms with van der Waals surface area (Å²) in [5.74, 6) is 0.777. The summed E-state index contributed by atoms with van der Waals surface area (Å²) in [6, 6.07) is 21.2. The highest BCUT2D eigenvalue weighted by atomic mass is 16.5. The Bertz CT molecular complexity index is 1250. The maximum Gasteiger partial charge on any atom is 0.254 e. The summed E-state index contributed by atoms with van der Waals surface area (Å²) in [5.41, 5.74) is 22.5. The third-order valence-corrected chi connectivity index (χ3v) is 6.37. The number of hydrogen-bond donors (Lipinski definition) is 4. The number of nitrogens with zero attached hydrogens (tertiary/aromatic N) is 1. The predicted molar refractivity (Wildman–Crippen MR) is 158 cm³/mol. The summed E-state index contributed by atoms with van der Waals surface area (Å²) in [4.78, 5) is 33.6. The molecule has 1 aliphatic rings. The van der Waals surface area contributed by atoms with Gasteiger partial charge in [0.1, 0.15) is 19.1 Å². The Labute approximate surface area is 236 Å². The highest BCUT2D eigenvalue weighted by Crippen LogP contribution is 2.27. The van der Waals surface area contributed by atoms with E-state index in [9.17, 15) is 9.59 Å². The van der Waals surface area contributed by atoms with Crippen molar-refractivity contribution in [2.24, 2.45) is 11.5 Å². The number of anilines is 1. The number of carbonyl (C=O) groups is 3. The van der Waals surface area contributed by atoms with Crippen LogP contribution in [0.3, 0.4) is 0 Å². The van der Waals surface area contributed by atoms with Gasteiger partial charge in [-0.15, -0.1) is 0 Å². The second-order valence-electron chi connectivity index (χ2n) is 9.17. The number of nitrogens with one attached hydrogen (secondary N) is 1. The maximum absolute atomic E-state index is 12.4. The molecule has 0 aliphatic carbocycles. The third kappa shape index (κ3) is 9.37. The van der Waals surface area contributed by atoms with Gasteiger partial charge in [0, 0.05) is 43.3 Å². The van der Waals surface area contributed by atoms with Crippen LogP contribution in [0.2, 0.25) is 0 Å². The van der Waals surface area contributed by atoms with Gasteiger partial charge in [-0.2, -0.15) is 0 Å². The first-order valence-electron chi connectivity index (χ1n) is 12.9. The van der Waals surface area contributed by atoms with E-state index < -0.39 is 0 Å². The lowest BCUT2D eigenvalue weighted by molar-refractivity contribution is -0.120. The zero-order chi connectivity index (χ0) is 29.5. The average molecular weight is 546 g/mol. The second-order valence-corrected chi connectivity index (χ2v) is 9.17. The largest absolute Gasteiger partial charge is 0.489 e. The molecule has 1 atom stereocenters. The highest BCUT2D eigenvalue weighted by Gasteiger charge is 2.30. The van der Waals surface area contributed by atoms with Crippen LogP contribution in [0, 0.1) is 0 Å². The molecule has 2 amide bonds. The van der Waals surface area contributed by atoms with E-state index in [0.29, 0.717) is 39.1 Å². The van der Waals surface area contributed by atoms with Crippen molar-refractivity contribution in [1.82, 2.24) is 10.2 Å². The van der Waals surface area contributed by atoms with E-state index in [1.54, 1.807) is 0 Å².